The number of ketones is 2. The van der Waals surface area contributed by atoms with Gasteiger partial charge in [0, 0.05) is 17.0 Å². The number of Topliss-reactive ketones (excluding diaryl/α,β-unsaturated/α-hetero) is 2. The second-order valence-electron chi connectivity index (χ2n) is 6.21. The minimum absolute atomic E-state index is 0.0113. The standard InChI is InChI=1S/C20H20FNO2/c21-18-8-6-15(7-9-18)19(23)14-22-12-10-17(11-13-22)20(24)16-4-2-1-3-5-16/h1-9,17H,10-14H2. The highest BCUT2D eigenvalue weighted by atomic mass is 19.1. The highest BCUT2D eigenvalue weighted by molar-refractivity contribution is 5.98. The zero-order chi connectivity index (χ0) is 16.9. The number of likely N-dealkylation sites (tertiary alicyclic amines) is 1. The average Bonchev–Trinajstić information content (AvgIpc) is 2.63. The largest absolute Gasteiger partial charge is 0.296 e. The first-order chi connectivity index (χ1) is 11.6. The molecule has 1 aliphatic heterocycles. The molecule has 0 atom stereocenters. The quantitative estimate of drug-likeness (QED) is 0.788. The molecule has 2 aromatic rings. The summed E-state index contributed by atoms with van der Waals surface area (Å²) in [6.45, 7) is 1.78. The molecule has 2 aromatic carbocycles. The second kappa shape index (κ2) is 7.49. The van der Waals surface area contributed by atoms with E-state index in [1.807, 2.05) is 30.3 Å². The smallest absolute Gasteiger partial charge is 0.176 e. The van der Waals surface area contributed by atoms with E-state index in [4.69, 9.17) is 0 Å². The Kier molecular flexibility index (Phi) is 5.16. The molecule has 4 heteroatoms. The average molecular weight is 325 g/mol. The number of nitrogens with zero attached hydrogens (tertiary/aromatic N) is 1. The number of hydrogen-bond donors (Lipinski definition) is 0. The Hall–Kier alpha value is -2.33. The first-order valence-corrected chi connectivity index (χ1v) is 8.24. The zero-order valence-corrected chi connectivity index (χ0v) is 13.5. The maximum atomic E-state index is 12.9. The zero-order valence-electron chi connectivity index (χ0n) is 13.5. The van der Waals surface area contributed by atoms with Crippen LogP contribution in [0.5, 0.6) is 0 Å². The Morgan fingerprint density at radius 2 is 1.54 bits per heavy atom. The number of halogens is 1. The number of rotatable bonds is 5. The normalized spacial score (nSPS) is 16.0. The van der Waals surface area contributed by atoms with Gasteiger partial charge in [0.1, 0.15) is 5.82 Å². The van der Waals surface area contributed by atoms with E-state index in [1.54, 1.807) is 0 Å². The molecule has 1 aliphatic rings. The molecule has 0 radical (unpaired) electrons. The first-order valence-electron chi connectivity index (χ1n) is 8.24. The maximum absolute atomic E-state index is 12.9. The van der Waals surface area contributed by atoms with Crippen LogP contribution in [0.15, 0.2) is 54.6 Å². The molecule has 0 unspecified atom stereocenters. The lowest BCUT2D eigenvalue weighted by atomic mass is 9.89. The van der Waals surface area contributed by atoms with Crippen LogP contribution < -0.4 is 0 Å². The summed E-state index contributed by atoms with van der Waals surface area (Å²) in [5.41, 5.74) is 1.29. The molecule has 124 valence electrons. The fraction of sp³-hybridized carbons (Fsp3) is 0.300. The summed E-state index contributed by atoms with van der Waals surface area (Å²) in [5.74, 6) is -0.126. The van der Waals surface area contributed by atoms with Gasteiger partial charge in [-0.3, -0.25) is 14.5 Å². The van der Waals surface area contributed by atoms with Gasteiger partial charge in [-0.2, -0.15) is 0 Å². The van der Waals surface area contributed by atoms with E-state index in [1.165, 1.54) is 24.3 Å². The molecule has 1 saturated heterocycles. The van der Waals surface area contributed by atoms with Crippen molar-refractivity contribution < 1.29 is 14.0 Å². The van der Waals surface area contributed by atoms with Gasteiger partial charge >= 0.3 is 0 Å². The second-order valence-corrected chi connectivity index (χ2v) is 6.21. The highest BCUT2D eigenvalue weighted by Crippen LogP contribution is 2.22. The Balaban J connectivity index is 1.53. The highest BCUT2D eigenvalue weighted by Gasteiger charge is 2.26. The van der Waals surface area contributed by atoms with Crippen molar-refractivity contribution >= 4 is 11.6 Å². The Labute approximate surface area is 141 Å². The number of carbonyl (C=O) groups is 2. The van der Waals surface area contributed by atoms with Crippen molar-refractivity contribution in [1.29, 1.82) is 0 Å². The molecule has 1 fully saturated rings. The van der Waals surface area contributed by atoms with Crippen molar-refractivity contribution in [2.75, 3.05) is 19.6 Å². The lowest BCUT2D eigenvalue weighted by molar-refractivity contribution is 0.0805. The van der Waals surface area contributed by atoms with Crippen LogP contribution in [0.25, 0.3) is 0 Å². The lowest BCUT2D eigenvalue weighted by Gasteiger charge is -2.30. The maximum Gasteiger partial charge on any atom is 0.176 e. The Morgan fingerprint density at radius 1 is 0.917 bits per heavy atom. The molecule has 0 spiro atoms. The summed E-state index contributed by atoms with van der Waals surface area (Å²) in [6, 6.07) is 15.0. The van der Waals surface area contributed by atoms with Crippen LogP contribution in [0.2, 0.25) is 0 Å². The van der Waals surface area contributed by atoms with Gasteiger partial charge in [0.05, 0.1) is 6.54 Å². The van der Waals surface area contributed by atoms with Crippen molar-refractivity contribution in [3.63, 3.8) is 0 Å². The summed E-state index contributed by atoms with van der Waals surface area (Å²) < 4.78 is 12.9. The van der Waals surface area contributed by atoms with Crippen LogP contribution in [0.1, 0.15) is 33.6 Å². The lowest BCUT2D eigenvalue weighted by Crippen LogP contribution is -2.39. The Bertz CT molecular complexity index is 704. The molecule has 0 amide bonds. The molecule has 0 aliphatic carbocycles. The number of piperidine rings is 1. The van der Waals surface area contributed by atoms with Gasteiger partial charge in [-0.25, -0.2) is 4.39 Å². The van der Waals surface area contributed by atoms with Crippen LogP contribution in [-0.2, 0) is 0 Å². The van der Waals surface area contributed by atoms with Crippen LogP contribution in [0.4, 0.5) is 4.39 Å². The van der Waals surface area contributed by atoms with E-state index in [2.05, 4.69) is 4.90 Å². The van der Waals surface area contributed by atoms with Gasteiger partial charge in [-0.1, -0.05) is 30.3 Å². The third-order valence-corrected chi connectivity index (χ3v) is 4.55. The minimum Gasteiger partial charge on any atom is -0.296 e. The van der Waals surface area contributed by atoms with Gasteiger partial charge in [0.25, 0.3) is 0 Å². The third-order valence-electron chi connectivity index (χ3n) is 4.55. The minimum atomic E-state index is -0.341. The van der Waals surface area contributed by atoms with Crippen molar-refractivity contribution in [3.8, 4) is 0 Å². The van der Waals surface area contributed by atoms with E-state index in [0.29, 0.717) is 12.1 Å². The van der Waals surface area contributed by atoms with Gasteiger partial charge in [-0.15, -0.1) is 0 Å². The molecule has 3 nitrogen and oxygen atoms in total. The van der Waals surface area contributed by atoms with E-state index < -0.39 is 0 Å². The molecule has 0 saturated carbocycles. The van der Waals surface area contributed by atoms with Crippen LogP contribution in [0.3, 0.4) is 0 Å². The Morgan fingerprint density at radius 3 is 2.17 bits per heavy atom. The van der Waals surface area contributed by atoms with E-state index in [-0.39, 0.29) is 23.3 Å². The summed E-state index contributed by atoms with van der Waals surface area (Å²) in [6.07, 6.45) is 1.54. The molecular formula is C20H20FNO2. The molecule has 24 heavy (non-hydrogen) atoms. The van der Waals surface area contributed by atoms with E-state index in [0.717, 1.165) is 31.5 Å². The molecule has 0 bridgehead atoms. The summed E-state index contributed by atoms with van der Waals surface area (Å²) in [7, 11) is 0. The summed E-state index contributed by atoms with van der Waals surface area (Å²) in [5, 5.41) is 0. The molecule has 0 N–H and O–H groups in total. The van der Waals surface area contributed by atoms with Crippen LogP contribution >= 0.6 is 0 Å². The third kappa shape index (κ3) is 3.95. The fourth-order valence-corrected chi connectivity index (χ4v) is 3.12. The van der Waals surface area contributed by atoms with Crippen LogP contribution in [-0.4, -0.2) is 36.1 Å². The summed E-state index contributed by atoms with van der Waals surface area (Å²) >= 11 is 0. The van der Waals surface area contributed by atoms with Crippen molar-refractivity contribution in [1.82, 2.24) is 4.90 Å². The van der Waals surface area contributed by atoms with Crippen molar-refractivity contribution in [2.24, 2.45) is 5.92 Å². The first kappa shape index (κ1) is 16.5. The van der Waals surface area contributed by atoms with Gasteiger partial charge in [0.2, 0.25) is 0 Å². The van der Waals surface area contributed by atoms with E-state index in [9.17, 15) is 14.0 Å². The summed E-state index contributed by atoms with van der Waals surface area (Å²) in [4.78, 5) is 26.8. The van der Waals surface area contributed by atoms with E-state index >= 15 is 0 Å². The van der Waals surface area contributed by atoms with Gasteiger partial charge in [0.15, 0.2) is 11.6 Å². The van der Waals surface area contributed by atoms with Crippen LogP contribution in [0, 0.1) is 11.7 Å². The predicted octanol–water partition coefficient (Wildman–Crippen LogP) is 3.60. The van der Waals surface area contributed by atoms with Crippen molar-refractivity contribution in [2.45, 2.75) is 12.8 Å². The number of benzene rings is 2. The topological polar surface area (TPSA) is 37.4 Å². The molecular weight excluding hydrogens is 305 g/mol. The monoisotopic (exact) mass is 325 g/mol. The van der Waals surface area contributed by atoms with Gasteiger partial charge < -0.3 is 0 Å². The molecule has 1 heterocycles. The SMILES string of the molecule is O=C(CN1CCC(C(=O)c2ccccc2)CC1)c1ccc(F)cc1. The molecule has 3 rings (SSSR count). The molecule has 0 aromatic heterocycles. The van der Waals surface area contributed by atoms with Crippen molar-refractivity contribution in [3.05, 3.63) is 71.5 Å². The van der Waals surface area contributed by atoms with Gasteiger partial charge in [-0.05, 0) is 50.2 Å². The number of hydrogen-bond acceptors (Lipinski definition) is 3. The fourth-order valence-electron chi connectivity index (χ4n) is 3.12. The number of carbonyl (C=O) groups excluding carboxylic acids is 2. The predicted molar refractivity (Wildman–Crippen MR) is 90.7 cm³/mol.